The van der Waals surface area contributed by atoms with E-state index >= 15 is 0 Å². The first-order valence-corrected chi connectivity index (χ1v) is 5.83. The molecule has 0 unspecified atom stereocenters. The second-order valence-electron chi connectivity index (χ2n) is 4.13. The van der Waals surface area contributed by atoms with E-state index in [0.717, 1.165) is 25.8 Å². The number of carbonyl (C=O) groups excluding carboxylic acids is 1. The summed E-state index contributed by atoms with van der Waals surface area (Å²) >= 11 is 0. The van der Waals surface area contributed by atoms with Gasteiger partial charge in [0.05, 0.1) is 0 Å². The van der Waals surface area contributed by atoms with E-state index in [1.165, 1.54) is 6.33 Å². The number of amides is 1. The fraction of sp³-hybridized carbons (Fsp3) is 0.727. The molecule has 0 aliphatic heterocycles. The number of carbonyl (C=O) groups is 1. The van der Waals surface area contributed by atoms with Crippen molar-refractivity contribution in [2.75, 3.05) is 6.54 Å². The predicted molar refractivity (Wildman–Crippen MR) is 62.1 cm³/mol. The normalized spacial score (nSPS) is 10.8. The van der Waals surface area contributed by atoms with Crippen molar-refractivity contribution in [2.45, 2.75) is 46.1 Å². The Hall–Kier alpha value is -1.39. The lowest BCUT2D eigenvalue weighted by atomic mass is 10.2. The minimum absolute atomic E-state index is 0.0661. The standard InChI is InChI=1S/C11H20N4O/c1-4-5-6-7-15(9(2)3)11(16)10-12-8-13-14-10/h8-9H,4-7H2,1-3H3,(H,12,13,14). The van der Waals surface area contributed by atoms with Gasteiger partial charge in [0.1, 0.15) is 6.33 Å². The molecule has 0 aromatic carbocycles. The topological polar surface area (TPSA) is 61.9 Å². The molecule has 1 rings (SSSR count). The van der Waals surface area contributed by atoms with Crippen LogP contribution in [-0.2, 0) is 0 Å². The molecule has 0 bridgehead atoms. The highest BCUT2D eigenvalue weighted by molar-refractivity contribution is 5.90. The number of nitrogens with zero attached hydrogens (tertiary/aromatic N) is 3. The Morgan fingerprint density at radius 1 is 1.50 bits per heavy atom. The summed E-state index contributed by atoms with van der Waals surface area (Å²) in [5.41, 5.74) is 0. The molecule has 0 spiro atoms. The van der Waals surface area contributed by atoms with E-state index in [1.807, 2.05) is 18.7 Å². The van der Waals surface area contributed by atoms with Gasteiger partial charge in [-0.25, -0.2) is 4.98 Å². The van der Waals surface area contributed by atoms with Crippen molar-refractivity contribution in [1.82, 2.24) is 20.1 Å². The second kappa shape index (κ2) is 6.25. The maximum absolute atomic E-state index is 12.0. The van der Waals surface area contributed by atoms with Gasteiger partial charge in [0, 0.05) is 12.6 Å². The number of nitrogens with one attached hydrogen (secondary N) is 1. The molecule has 1 aromatic rings. The number of rotatable bonds is 6. The zero-order chi connectivity index (χ0) is 12.0. The lowest BCUT2D eigenvalue weighted by Gasteiger charge is -2.25. The monoisotopic (exact) mass is 224 g/mol. The van der Waals surface area contributed by atoms with Gasteiger partial charge in [-0.05, 0) is 20.3 Å². The van der Waals surface area contributed by atoms with E-state index in [-0.39, 0.29) is 11.9 Å². The molecule has 16 heavy (non-hydrogen) atoms. The summed E-state index contributed by atoms with van der Waals surface area (Å²) in [6, 6.07) is 0.189. The van der Waals surface area contributed by atoms with Gasteiger partial charge in [-0.15, -0.1) is 0 Å². The Labute approximate surface area is 96.3 Å². The fourth-order valence-electron chi connectivity index (χ4n) is 1.57. The molecule has 0 saturated heterocycles. The maximum Gasteiger partial charge on any atom is 0.291 e. The number of hydrogen-bond donors (Lipinski definition) is 1. The quantitative estimate of drug-likeness (QED) is 0.750. The van der Waals surface area contributed by atoms with Gasteiger partial charge in [0.2, 0.25) is 5.82 Å². The Morgan fingerprint density at radius 2 is 2.25 bits per heavy atom. The van der Waals surface area contributed by atoms with Crippen molar-refractivity contribution in [2.24, 2.45) is 0 Å². The van der Waals surface area contributed by atoms with Crippen LogP contribution < -0.4 is 0 Å². The van der Waals surface area contributed by atoms with Crippen LogP contribution in [-0.4, -0.2) is 38.6 Å². The largest absolute Gasteiger partial charge is 0.334 e. The summed E-state index contributed by atoms with van der Waals surface area (Å²) in [4.78, 5) is 17.8. The minimum Gasteiger partial charge on any atom is -0.334 e. The smallest absolute Gasteiger partial charge is 0.291 e. The maximum atomic E-state index is 12.0. The lowest BCUT2D eigenvalue weighted by Crippen LogP contribution is -2.38. The molecule has 1 heterocycles. The van der Waals surface area contributed by atoms with Crippen molar-refractivity contribution in [1.29, 1.82) is 0 Å². The Bertz CT molecular complexity index is 308. The van der Waals surface area contributed by atoms with E-state index in [4.69, 9.17) is 0 Å². The highest BCUT2D eigenvalue weighted by atomic mass is 16.2. The summed E-state index contributed by atoms with van der Waals surface area (Å²) in [6.07, 6.45) is 4.70. The van der Waals surface area contributed by atoms with Crippen molar-refractivity contribution < 1.29 is 4.79 Å². The fourth-order valence-corrected chi connectivity index (χ4v) is 1.57. The molecule has 1 N–H and O–H groups in total. The van der Waals surface area contributed by atoms with E-state index in [1.54, 1.807) is 0 Å². The van der Waals surface area contributed by atoms with Crippen LogP contribution >= 0.6 is 0 Å². The molecular formula is C11H20N4O. The molecule has 0 radical (unpaired) electrons. The lowest BCUT2D eigenvalue weighted by molar-refractivity contribution is 0.0690. The number of hydrogen-bond acceptors (Lipinski definition) is 3. The molecule has 0 aliphatic carbocycles. The zero-order valence-electron chi connectivity index (χ0n) is 10.2. The van der Waals surface area contributed by atoms with Crippen LogP contribution in [0.3, 0.4) is 0 Å². The average molecular weight is 224 g/mol. The van der Waals surface area contributed by atoms with Crippen LogP contribution in [0.4, 0.5) is 0 Å². The number of aromatic amines is 1. The van der Waals surface area contributed by atoms with Crippen molar-refractivity contribution >= 4 is 5.91 Å². The second-order valence-corrected chi connectivity index (χ2v) is 4.13. The summed E-state index contributed by atoms with van der Waals surface area (Å²) in [5, 5.41) is 6.31. The molecule has 0 saturated carbocycles. The molecule has 5 nitrogen and oxygen atoms in total. The van der Waals surface area contributed by atoms with Gasteiger partial charge in [0.15, 0.2) is 0 Å². The zero-order valence-corrected chi connectivity index (χ0v) is 10.2. The van der Waals surface area contributed by atoms with Gasteiger partial charge < -0.3 is 4.90 Å². The van der Waals surface area contributed by atoms with Gasteiger partial charge >= 0.3 is 0 Å². The Kier molecular flexibility index (Phi) is 4.95. The Morgan fingerprint density at radius 3 is 2.75 bits per heavy atom. The van der Waals surface area contributed by atoms with Crippen LogP contribution in [0.2, 0.25) is 0 Å². The summed E-state index contributed by atoms with van der Waals surface area (Å²) in [6.45, 7) is 6.96. The number of aromatic nitrogens is 3. The third-order valence-corrected chi connectivity index (χ3v) is 2.50. The molecule has 1 amide bonds. The third-order valence-electron chi connectivity index (χ3n) is 2.50. The van der Waals surface area contributed by atoms with Crippen molar-refractivity contribution in [3.63, 3.8) is 0 Å². The van der Waals surface area contributed by atoms with Crippen LogP contribution in [0.25, 0.3) is 0 Å². The highest BCUT2D eigenvalue weighted by Crippen LogP contribution is 2.07. The number of unbranched alkanes of at least 4 members (excludes halogenated alkanes) is 2. The first kappa shape index (κ1) is 12.7. The van der Waals surface area contributed by atoms with E-state index < -0.39 is 0 Å². The molecule has 0 aliphatic rings. The third kappa shape index (κ3) is 3.32. The molecule has 0 fully saturated rings. The van der Waals surface area contributed by atoms with Gasteiger partial charge in [-0.3, -0.25) is 9.89 Å². The first-order valence-electron chi connectivity index (χ1n) is 5.83. The highest BCUT2D eigenvalue weighted by Gasteiger charge is 2.20. The van der Waals surface area contributed by atoms with Gasteiger partial charge in [-0.2, -0.15) is 5.10 Å². The SMILES string of the molecule is CCCCCN(C(=O)c1ncn[nH]1)C(C)C. The summed E-state index contributed by atoms with van der Waals surface area (Å²) in [7, 11) is 0. The molecule has 0 atom stereocenters. The minimum atomic E-state index is -0.0661. The van der Waals surface area contributed by atoms with Crippen LogP contribution in [0.5, 0.6) is 0 Å². The first-order chi connectivity index (χ1) is 7.66. The molecule has 90 valence electrons. The Balaban J connectivity index is 2.59. The van der Waals surface area contributed by atoms with Crippen LogP contribution in [0, 0.1) is 0 Å². The average Bonchev–Trinajstić information content (AvgIpc) is 2.76. The van der Waals surface area contributed by atoms with E-state index in [9.17, 15) is 4.79 Å². The summed E-state index contributed by atoms with van der Waals surface area (Å²) < 4.78 is 0. The summed E-state index contributed by atoms with van der Waals surface area (Å²) in [5.74, 6) is 0.258. The van der Waals surface area contributed by atoms with E-state index in [0.29, 0.717) is 5.82 Å². The molecule has 1 aromatic heterocycles. The van der Waals surface area contributed by atoms with Gasteiger partial charge in [-0.1, -0.05) is 19.8 Å². The molecular weight excluding hydrogens is 204 g/mol. The predicted octanol–water partition coefficient (Wildman–Crippen LogP) is 1.85. The molecule has 5 heteroatoms. The van der Waals surface area contributed by atoms with Crippen molar-refractivity contribution in [3.05, 3.63) is 12.2 Å². The van der Waals surface area contributed by atoms with E-state index in [2.05, 4.69) is 22.1 Å². The van der Waals surface area contributed by atoms with Crippen LogP contribution in [0.15, 0.2) is 6.33 Å². The van der Waals surface area contributed by atoms with Gasteiger partial charge in [0.25, 0.3) is 5.91 Å². The number of H-pyrrole nitrogens is 1. The van der Waals surface area contributed by atoms with Crippen LogP contribution in [0.1, 0.15) is 50.7 Å². The van der Waals surface area contributed by atoms with Crippen molar-refractivity contribution in [3.8, 4) is 0 Å².